The minimum absolute atomic E-state index is 0.0133. The molecule has 0 bridgehead atoms. The zero-order valence-corrected chi connectivity index (χ0v) is 26.7. The van der Waals surface area contributed by atoms with Gasteiger partial charge < -0.3 is 4.74 Å². The van der Waals surface area contributed by atoms with Crippen molar-refractivity contribution in [3.05, 3.63) is 34.9 Å². The Morgan fingerprint density at radius 3 is 2.11 bits per heavy atom. The molecule has 1 heterocycles. The molecular weight excluding hydrogens is 462 g/mol. The standard InChI is InChI=1S/C36H63NO/c1-9-24-37(25-10-2)26-14-20-33-27-32(7)35-34(28-33)21-23-36(8,38-35)22-13-19-31(6)18-12-17-30(5)16-11-15-29(3)4/h14,20,27-31H,9-13,15-19,21-26H2,1-8H3/b20-14+/t30-,31-,36-/m1/s1. The van der Waals surface area contributed by atoms with Crippen molar-refractivity contribution in [2.75, 3.05) is 19.6 Å². The summed E-state index contributed by atoms with van der Waals surface area (Å²) in [5.74, 6) is 3.74. The number of benzene rings is 1. The van der Waals surface area contributed by atoms with Crippen LogP contribution in [0.3, 0.4) is 0 Å². The molecule has 38 heavy (non-hydrogen) atoms. The lowest BCUT2D eigenvalue weighted by molar-refractivity contribution is 0.0516. The highest BCUT2D eigenvalue weighted by molar-refractivity contribution is 5.57. The van der Waals surface area contributed by atoms with Crippen LogP contribution in [0.25, 0.3) is 6.08 Å². The molecule has 218 valence electrons. The summed E-state index contributed by atoms with van der Waals surface area (Å²) in [5.41, 5.74) is 4.00. The molecule has 1 aliphatic rings. The minimum Gasteiger partial charge on any atom is -0.487 e. The van der Waals surface area contributed by atoms with Gasteiger partial charge in [-0.1, -0.05) is 98.6 Å². The molecule has 1 aromatic rings. The average Bonchev–Trinajstić information content (AvgIpc) is 2.85. The first-order chi connectivity index (χ1) is 18.2. The van der Waals surface area contributed by atoms with Crippen molar-refractivity contribution in [3.63, 3.8) is 0 Å². The summed E-state index contributed by atoms with van der Waals surface area (Å²) >= 11 is 0. The predicted octanol–water partition coefficient (Wildman–Crippen LogP) is 10.7. The second kappa shape index (κ2) is 17.4. The fourth-order valence-corrected chi connectivity index (χ4v) is 6.24. The molecule has 0 unspecified atom stereocenters. The monoisotopic (exact) mass is 525 g/mol. The molecule has 0 aliphatic carbocycles. The molecule has 0 saturated heterocycles. The van der Waals surface area contributed by atoms with Crippen molar-refractivity contribution in [2.45, 2.75) is 144 Å². The lowest BCUT2D eigenvalue weighted by Crippen LogP contribution is -2.36. The Labute approximate surface area is 238 Å². The number of ether oxygens (including phenoxy) is 1. The van der Waals surface area contributed by atoms with E-state index in [1.807, 2.05) is 0 Å². The van der Waals surface area contributed by atoms with E-state index in [2.05, 4.69) is 84.6 Å². The number of fused-ring (bicyclic) bond motifs is 1. The normalized spacial score (nSPS) is 19.2. The van der Waals surface area contributed by atoms with Crippen molar-refractivity contribution in [1.82, 2.24) is 4.90 Å². The van der Waals surface area contributed by atoms with E-state index in [-0.39, 0.29) is 5.60 Å². The fraction of sp³-hybridized carbons (Fsp3) is 0.778. The maximum absolute atomic E-state index is 6.73. The Morgan fingerprint density at radius 2 is 1.50 bits per heavy atom. The SMILES string of the molecule is CCCN(C/C=C/c1cc(C)c2c(c1)CC[C@@](C)(CCC[C@H](C)CCC[C@H](C)CCCC(C)C)O2)CCC. The molecule has 0 radical (unpaired) electrons. The maximum Gasteiger partial charge on any atom is 0.126 e. The molecule has 2 rings (SSSR count). The van der Waals surface area contributed by atoms with E-state index in [9.17, 15) is 0 Å². The van der Waals surface area contributed by atoms with Crippen molar-refractivity contribution < 1.29 is 4.74 Å². The summed E-state index contributed by atoms with van der Waals surface area (Å²) in [6.45, 7) is 22.1. The number of nitrogens with zero attached hydrogens (tertiary/aromatic N) is 1. The number of rotatable bonds is 19. The Balaban J connectivity index is 1.77. The van der Waals surface area contributed by atoms with Gasteiger partial charge in [-0.2, -0.15) is 0 Å². The zero-order chi connectivity index (χ0) is 28.0. The van der Waals surface area contributed by atoms with Gasteiger partial charge in [0.05, 0.1) is 0 Å². The number of hydrogen-bond acceptors (Lipinski definition) is 2. The van der Waals surface area contributed by atoms with Gasteiger partial charge in [-0.05, 0) is 112 Å². The molecule has 2 nitrogen and oxygen atoms in total. The van der Waals surface area contributed by atoms with E-state index in [0.29, 0.717) is 0 Å². The van der Waals surface area contributed by atoms with Crippen LogP contribution in [0.4, 0.5) is 0 Å². The summed E-state index contributed by atoms with van der Waals surface area (Å²) in [6.07, 6.45) is 21.6. The van der Waals surface area contributed by atoms with E-state index < -0.39 is 0 Å². The van der Waals surface area contributed by atoms with Crippen LogP contribution >= 0.6 is 0 Å². The van der Waals surface area contributed by atoms with E-state index in [0.717, 1.165) is 42.9 Å². The van der Waals surface area contributed by atoms with Gasteiger partial charge >= 0.3 is 0 Å². The van der Waals surface area contributed by atoms with Gasteiger partial charge in [0.1, 0.15) is 11.4 Å². The highest BCUT2D eigenvalue weighted by atomic mass is 16.5. The lowest BCUT2D eigenvalue weighted by atomic mass is 9.85. The number of aryl methyl sites for hydroxylation is 2. The van der Waals surface area contributed by atoms with Crippen LogP contribution < -0.4 is 4.74 Å². The smallest absolute Gasteiger partial charge is 0.126 e. The molecule has 0 amide bonds. The molecule has 0 fully saturated rings. The van der Waals surface area contributed by atoms with Crippen LogP contribution in [0.15, 0.2) is 18.2 Å². The Bertz CT molecular complexity index is 806. The number of hydrogen-bond donors (Lipinski definition) is 0. The summed E-state index contributed by atoms with van der Waals surface area (Å²) in [6, 6.07) is 4.69. The van der Waals surface area contributed by atoms with Crippen LogP contribution in [0, 0.1) is 24.7 Å². The van der Waals surface area contributed by atoms with Gasteiger partial charge in [0, 0.05) is 6.54 Å². The van der Waals surface area contributed by atoms with Gasteiger partial charge in [0.25, 0.3) is 0 Å². The van der Waals surface area contributed by atoms with Crippen LogP contribution in [0.5, 0.6) is 5.75 Å². The summed E-state index contributed by atoms with van der Waals surface area (Å²) in [5, 5.41) is 0. The zero-order valence-electron chi connectivity index (χ0n) is 26.7. The third kappa shape index (κ3) is 12.3. The first-order valence-electron chi connectivity index (χ1n) is 16.4. The molecule has 3 atom stereocenters. The van der Waals surface area contributed by atoms with Crippen molar-refractivity contribution >= 4 is 6.08 Å². The van der Waals surface area contributed by atoms with Crippen LogP contribution in [0.1, 0.15) is 142 Å². The fourth-order valence-electron chi connectivity index (χ4n) is 6.24. The molecule has 0 saturated carbocycles. The second-order valence-electron chi connectivity index (χ2n) is 13.4. The van der Waals surface area contributed by atoms with Crippen LogP contribution in [-0.2, 0) is 6.42 Å². The molecule has 1 aliphatic heterocycles. The van der Waals surface area contributed by atoms with Crippen molar-refractivity contribution in [2.24, 2.45) is 17.8 Å². The van der Waals surface area contributed by atoms with Crippen molar-refractivity contribution in [3.8, 4) is 5.75 Å². The van der Waals surface area contributed by atoms with Gasteiger partial charge in [0.2, 0.25) is 0 Å². The molecule has 0 spiro atoms. The van der Waals surface area contributed by atoms with E-state index in [1.165, 1.54) is 100 Å². The Hall–Kier alpha value is -1.28. The molecular formula is C36H63NO. The van der Waals surface area contributed by atoms with E-state index in [1.54, 1.807) is 0 Å². The van der Waals surface area contributed by atoms with Crippen LogP contribution in [-0.4, -0.2) is 30.1 Å². The Morgan fingerprint density at radius 1 is 0.895 bits per heavy atom. The summed E-state index contributed by atoms with van der Waals surface area (Å²) < 4.78 is 6.73. The lowest BCUT2D eigenvalue weighted by Gasteiger charge is -2.37. The largest absolute Gasteiger partial charge is 0.487 e. The van der Waals surface area contributed by atoms with Gasteiger partial charge in [-0.25, -0.2) is 0 Å². The van der Waals surface area contributed by atoms with Gasteiger partial charge in [-0.15, -0.1) is 0 Å². The predicted molar refractivity (Wildman–Crippen MR) is 169 cm³/mol. The maximum atomic E-state index is 6.73. The quantitative estimate of drug-likeness (QED) is 0.178. The highest BCUT2D eigenvalue weighted by Gasteiger charge is 2.32. The molecule has 0 N–H and O–H groups in total. The first kappa shape index (κ1) is 32.9. The van der Waals surface area contributed by atoms with Gasteiger partial charge in [-0.3, -0.25) is 4.90 Å². The summed E-state index contributed by atoms with van der Waals surface area (Å²) in [4.78, 5) is 2.55. The minimum atomic E-state index is -0.0133. The third-order valence-electron chi connectivity index (χ3n) is 8.67. The second-order valence-corrected chi connectivity index (χ2v) is 13.4. The van der Waals surface area contributed by atoms with Gasteiger partial charge in [0.15, 0.2) is 0 Å². The Kier molecular flexibility index (Phi) is 15.1. The topological polar surface area (TPSA) is 12.5 Å². The first-order valence-corrected chi connectivity index (χ1v) is 16.4. The van der Waals surface area contributed by atoms with Crippen LogP contribution in [0.2, 0.25) is 0 Å². The van der Waals surface area contributed by atoms with E-state index in [4.69, 9.17) is 4.74 Å². The molecule has 1 aromatic carbocycles. The highest BCUT2D eigenvalue weighted by Crippen LogP contribution is 2.39. The van der Waals surface area contributed by atoms with E-state index >= 15 is 0 Å². The van der Waals surface area contributed by atoms with Crippen molar-refractivity contribution in [1.29, 1.82) is 0 Å². The summed E-state index contributed by atoms with van der Waals surface area (Å²) in [7, 11) is 0. The molecule has 2 heteroatoms. The average molecular weight is 526 g/mol. The third-order valence-corrected chi connectivity index (χ3v) is 8.67. The molecule has 0 aromatic heterocycles.